The minimum atomic E-state index is -0.437. The quantitative estimate of drug-likeness (QED) is 0.188. The van der Waals surface area contributed by atoms with E-state index in [4.69, 9.17) is 11.6 Å². The van der Waals surface area contributed by atoms with Crippen molar-refractivity contribution in [2.75, 3.05) is 36.8 Å². The first-order valence-electron chi connectivity index (χ1n) is 11.7. The zero-order valence-corrected chi connectivity index (χ0v) is 21.3. The minimum Gasteiger partial charge on any atom is -0.368 e. The standard InChI is InChI=1S/C26H23ClN6O3S/c27-20-7-5-10-22(17-20)30-12-14-31(15-13-30)24(34)18-37-26-29-28-25(32(26)21-8-2-1-3-9-21)19-6-4-11-23(16-19)33(35)36/h1-11,16-17H,12-15,18H2. The van der Waals surface area contributed by atoms with Gasteiger partial charge in [-0.1, -0.05) is 59.8 Å². The molecule has 1 aromatic heterocycles. The van der Waals surface area contributed by atoms with E-state index in [1.54, 1.807) is 12.1 Å². The van der Waals surface area contributed by atoms with E-state index in [0.29, 0.717) is 34.7 Å². The average Bonchev–Trinajstić information content (AvgIpc) is 3.36. The lowest BCUT2D eigenvalue weighted by molar-refractivity contribution is -0.384. The fourth-order valence-corrected chi connectivity index (χ4v) is 5.26. The summed E-state index contributed by atoms with van der Waals surface area (Å²) in [4.78, 5) is 28.0. The van der Waals surface area contributed by atoms with Crippen molar-refractivity contribution in [3.63, 3.8) is 0 Å². The number of carbonyl (C=O) groups excluding carboxylic acids is 1. The molecule has 2 heterocycles. The number of non-ortho nitro benzene ring substituents is 1. The van der Waals surface area contributed by atoms with Crippen LogP contribution < -0.4 is 4.90 Å². The molecule has 0 N–H and O–H groups in total. The van der Waals surface area contributed by atoms with Crippen molar-refractivity contribution in [3.8, 4) is 17.1 Å². The van der Waals surface area contributed by atoms with Gasteiger partial charge >= 0.3 is 0 Å². The Bertz CT molecular complexity index is 1420. The molecule has 0 bridgehead atoms. The molecule has 3 aromatic carbocycles. The maximum absolute atomic E-state index is 13.0. The second kappa shape index (κ2) is 11.0. The number of anilines is 1. The molecular formula is C26H23ClN6O3S. The molecule has 9 nitrogen and oxygen atoms in total. The highest BCUT2D eigenvalue weighted by Crippen LogP contribution is 2.30. The number of piperazine rings is 1. The molecule has 11 heteroatoms. The Labute approximate surface area is 222 Å². The van der Waals surface area contributed by atoms with E-state index in [0.717, 1.165) is 24.5 Å². The van der Waals surface area contributed by atoms with Crippen LogP contribution in [0.4, 0.5) is 11.4 Å². The monoisotopic (exact) mass is 534 g/mol. The third-order valence-corrected chi connectivity index (χ3v) is 7.24. The number of hydrogen-bond acceptors (Lipinski definition) is 7. The van der Waals surface area contributed by atoms with E-state index < -0.39 is 4.92 Å². The third kappa shape index (κ3) is 5.60. The van der Waals surface area contributed by atoms with Gasteiger partial charge in [-0.05, 0) is 30.3 Å². The Morgan fingerprint density at radius 1 is 0.919 bits per heavy atom. The lowest BCUT2D eigenvalue weighted by Crippen LogP contribution is -2.49. The summed E-state index contributed by atoms with van der Waals surface area (Å²) in [7, 11) is 0. The molecule has 0 atom stereocenters. The number of nitrogens with zero attached hydrogens (tertiary/aromatic N) is 6. The van der Waals surface area contributed by atoms with Crippen molar-refractivity contribution in [2.45, 2.75) is 5.16 Å². The van der Waals surface area contributed by atoms with Crippen molar-refractivity contribution >= 4 is 40.6 Å². The molecule has 0 spiro atoms. The Balaban J connectivity index is 1.31. The third-order valence-electron chi connectivity index (χ3n) is 6.09. The van der Waals surface area contributed by atoms with Crippen LogP contribution in [-0.2, 0) is 4.79 Å². The molecule has 1 aliphatic rings. The highest BCUT2D eigenvalue weighted by molar-refractivity contribution is 7.99. The summed E-state index contributed by atoms with van der Waals surface area (Å²) in [5.74, 6) is 0.701. The number of amides is 1. The minimum absolute atomic E-state index is 0.0234. The lowest BCUT2D eigenvalue weighted by Gasteiger charge is -2.36. The normalized spacial score (nSPS) is 13.5. The van der Waals surface area contributed by atoms with Gasteiger partial charge in [0.25, 0.3) is 5.69 Å². The van der Waals surface area contributed by atoms with Crippen LogP contribution in [0.3, 0.4) is 0 Å². The molecule has 1 fully saturated rings. The number of nitro groups is 1. The van der Waals surface area contributed by atoms with E-state index in [2.05, 4.69) is 15.1 Å². The number of para-hydroxylation sites is 1. The first-order chi connectivity index (χ1) is 18.0. The average molecular weight is 535 g/mol. The SMILES string of the molecule is O=C(CSc1nnc(-c2cccc([N+](=O)[O-])c2)n1-c1ccccc1)N1CCN(c2cccc(Cl)c2)CC1. The van der Waals surface area contributed by atoms with Gasteiger partial charge in [0.05, 0.1) is 10.7 Å². The smallest absolute Gasteiger partial charge is 0.270 e. The van der Waals surface area contributed by atoms with Gasteiger partial charge in [0.2, 0.25) is 5.91 Å². The van der Waals surface area contributed by atoms with Crippen molar-refractivity contribution in [1.82, 2.24) is 19.7 Å². The van der Waals surface area contributed by atoms with Crippen LogP contribution in [0.5, 0.6) is 0 Å². The predicted octanol–water partition coefficient (Wildman–Crippen LogP) is 4.94. The van der Waals surface area contributed by atoms with Crippen LogP contribution in [-0.4, -0.2) is 62.4 Å². The van der Waals surface area contributed by atoms with Gasteiger partial charge in [-0.25, -0.2) is 0 Å². The zero-order chi connectivity index (χ0) is 25.8. The van der Waals surface area contributed by atoms with Gasteiger partial charge in [0, 0.05) is 60.3 Å². The number of hydrogen-bond donors (Lipinski definition) is 0. The Morgan fingerprint density at radius 3 is 2.38 bits per heavy atom. The van der Waals surface area contributed by atoms with E-state index >= 15 is 0 Å². The Hall–Kier alpha value is -3.89. The summed E-state index contributed by atoms with van der Waals surface area (Å²) in [5.41, 5.74) is 2.40. The van der Waals surface area contributed by atoms with Gasteiger partial charge in [-0.3, -0.25) is 19.5 Å². The van der Waals surface area contributed by atoms with E-state index in [9.17, 15) is 14.9 Å². The van der Waals surface area contributed by atoms with Crippen LogP contribution in [0.2, 0.25) is 5.02 Å². The maximum Gasteiger partial charge on any atom is 0.270 e. The summed E-state index contributed by atoms with van der Waals surface area (Å²) < 4.78 is 1.83. The first kappa shape index (κ1) is 24.8. The van der Waals surface area contributed by atoms with Crippen LogP contribution in [0.15, 0.2) is 84.0 Å². The first-order valence-corrected chi connectivity index (χ1v) is 13.0. The number of nitro benzene ring substituents is 1. The summed E-state index contributed by atoms with van der Waals surface area (Å²) in [6, 6.07) is 23.5. The second-order valence-corrected chi connectivity index (χ2v) is 9.80. The number of carbonyl (C=O) groups is 1. The molecule has 0 radical (unpaired) electrons. The van der Waals surface area contributed by atoms with Crippen molar-refractivity contribution in [3.05, 3.63) is 94.0 Å². The van der Waals surface area contributed by atoms with Gasteiger partial charge in [0.1, 0.15) is 0 Å². The van der Waals surface area contributed by atoms with E-state index in [-0.39, 0.29) is 17.3 Å². The van der Waals surface area contributed by atoms with Crippen molar-refractivity contribution < 1.29 is 9.72 Å². The molecule has 188 valence electrons. The number of aromatic nitrogens is 3. The van der Waals surface area contributed by atoms with E-state index in [1.165, 1.54) is 23.9 Å². The molecule has 1 amide bonds. The molecule has 4 aromatic rings. The molecule has 0 saturated carbocycles. The number of rotatable bonds is 7. The van der Waals surface area contributed by atoms with Gasteiger partial charge < -0.3 is 9.80 Å². The summed E-state index contributed by atoms with van der Waals surface area (Å²) in [6.07, 6.45) is 0. The van der Waals surface area contributed by atoms with Gasteiger partial charge in [0.15, 0.2) is 11.0 Å². The molecule has 0 aliphatic carbocycles. The highest BCUT2D eigenvalue weighted by Gasteiger charge is 2.23. The largest absolute Gasteiger partial charge is 0.368 e. The molecule has 1 saturated heterocycles. The van der Waals surface area contributed by atoms with Crippen LogP contribution in [0.1, 0.15) is 0 Å². The van der Waals surface area contributed by atoms with Gasteiger partial charge in [-0.2, -0.15) is 0 Å². The molecule has 0 unspecified atom stereocenters. The Morgan fingerprint density at radius 2 is 1.65 bits per heavy atom. The fraction of sp³-hybridized carbons (Fsp3) is 0.192. The molecule has 37 heavy (non-hydrogen) atoms. The van der Waals surface area contributed by atoms with Crippen molar-refractivity contribution in [1.29, 1.82) is 0 Å². The molecule has 5 rings (SSSR count). The zero-order valence-electron chi connectivity index (χ0n) is 19.7. The summed E-state index contributed by atoms with van der Waals surface area (Å²) in [5, 5.41) is 21.2. The number of halogens is 1. The molecule has 1 aliphatic heterocycles. The van der Waals surface area contributed by atoms with Crippen LogP contribution in [0.25, 0.3) is 17.1 Å². The maximum atomic E-state index is 13.0. The predicted molar refractivity (Wildman–Crippen MR) is 144 cm³/mol. The highest BCUT2D eigenvalue weighted by atomic mass is 35.5. The summed E-state index contributed by atoms with van der Waals surface area (Å²) >= 11 is 7.43. The van der Waals surface area contributed by atoms with Crippen molar-refractivity contribution in [2.24, 2.45) is 0 Å². The summed E-state index contributed by atoms with van der Waals surface area (Å²) in [6.45, 7) is 2.70. The van der Waals surface area contributed by atoms with Gasteiger partial charge in [-0.15, -0.1) is 10.2 Å². The molecular weight excluding hydrogens is 512 g/mol. The Kier molecular flexibility index (Phi) is 7.38. The van der Waals surface area contributed by atoms with Crippen LogP contribution >= 0.6 is 23.4 Å². The lowest BCUT2D eigenvalue weighted by atomic mass is 10.2. The van der Waals surface area contributed by atoms with Crippen LogP contribution in [0, 0.1) is 10.1 Å². The fourth-order valence-electron chi connectivity index (χ4n) is 4.22. The number of thioether (sulfide) groups is 1. The van der Waals surface area contributed by atoms with E-state index in [1.807, 2.05) is 64.1 Å². The number of benzene rings is 3. The second-order valence-electron chi connectivity index (χ2n) is 8.42. The topological polar surface area (TPSA) is 97.4 Å².